The third-order valence-electron chi connectivity index (χ3n) is 4.95. The number of anilines is 1. The number of rotatable bonds is 7. The van der Waals surface area contributed by atoms with E-state index in [4.69, 9.17) is 25.8 Å². The van der Waals surface area contributed by atoms with Crippen molar-refractivity contribution >= 4 is 23.2 Å². The summed E-state index contributed by atoms with van der Waals surface area (Å²) in [5.74, 6) is 1.98. The average molecular weight is 405 g/mol. The van der Waals surface area contributed by atoms with Gasteiger partial charge >= 0.3 is 0 Å². The molecule has 0 bridgehead atoms. The van der Waals surface area contributed by atoms with Gasteiger partial charge in [0, 0.05) is 22.7 Å². The number of nitrogens with one attached hydrogen (secondary N) is 1. The smallest absolute Gasteiger partial charge is 0.238 e. The monoisotopic (exact) mass is 404 g/mol. The molecule has 1 atom stereocenters. The van der Waals surface area contributed by atoms with Gasteiger partial charge in [-0.1, -0.05) is 17.7 Å². The maximum absolute atomic E-state index is 12.7. The number of likely N-dealkylation sites (tertiary alicyclic amines) is 1. The van der Waals surface area contributed by atoms with Crippen LogP contribution in [-0.2, 0) is 4.79 Å². The maximum Gasteiger partial charge on any atom is 0.238 e. The van der Waals surface area contributed by atoms with E-state index in [0.29, 0.717) is 16.5 Å². The number of carbonyl (C=O) groups excluding carboxylic acids is 1. The van der Waals surface area contributed by atoms with Gasteiger partial charge in [0.25, 0.3) is 0 Å². The van der Waals surface area contributed by atoms with Crippen LogP contribution in [0.1, 0.15) is 24.4 Å². The number of ether oxygens (including phenoxy) is 3. The van der Waals surface area contributed by atoms with E-state index in [1.165, 1.54) is 0 Å². The highest BCUT2D eigenvalue weighted by atomic mass is 35.5. The van der Waals surface area contributed by atoms with E-state index < -0.39 is 0 Å². The summed E-state index contributed by atoms with van der Waals surface area (Å²) >= 11 is 6.05. The van der Waals surface area contributed by atoms with Gasteiger partial charge < -0.3 is 19.5 Å². The Kier molecular flexibility index (Phi) is 6.65. The zero-order valence-electron chi connectivity index (χ0n) is 16.3. The van der Waals surface area contributed by atoms with Crippen molar-refractivity contribution in [1.82, 2.24) is 4.90 Å². The van der Waals surface area contributed by atoms with Gasteiger partial charge in [-0.3, -0.25) is 9.69 Å². The summed E-state index contributed by atoms with van der Waals surface area (Å²) in [6, 6.07) is 11.1. The molecule has 1 aliphatic heterocycles. The maximum atomic E-state index is 12.7. The van der Waals surface area contributed by atoms with Gasteiger partial charge in [0.05, 0.1) is 33.6 Å². The van der Waals surface area contributed by atoms with Gasteiger partial charge in [0.15, 0.2) is 0 Å². The van der Waals surface area contributed by atoms with Gasteiger partial charge in [-0.2, -0.15) is 0 Å². The number of nitrogens with zero attached hydrogens (tertiary/aromatic N) is 1. The van der Waals surface area contributed by atoms with Crippen molar-refractivity contribution in [1.29, 1.82) is 0 Å². The van der Waals surface area contributed by atoms with E-state index in [2.05, 4.69) is 10.2 Å². The van der Waals surface area contributed by atoms with E-state index in [1.54, 1.807) is 39.5 Å². The number of amides is 1. The molecular weight excluding hydrogens is 380 g/mol. The van der Waals surface area contributed by atoms with Crippen molar-refractivity contribution in [2.24, 2.45) is 0 Å². The fourth-order valence-electron chi connectivity index (χ4n) is 3.61. The van der Waals surface area contributed by atoms with E-state index in [0.717, 1.165) is 36.4 Å². The molecule has 0 saturated carbocycles. The van der Waals surface area contributed by atoms with Crippen LogP contribution in [0.5, 0.6) is 17.2 Å². The molecule has 2 aromatic carbocycles. The Morgan fingerprint density at radius 2 is 1.89 bits per heavy atom. The number of carbonyl (C=O) groups is 1. The second kappa shape index (κ2) is 9.17. The summed E-state index contributed by atoms with van der Waals surface area (Å²) in [5.41, 5.74) is 1.63. The second-order valence-electron chi connectivity index (χ2n) is 6.63. The van der Waals surface area contributed by atoms with Gasteiger partial charge in [0.2, 0.25) is 5.91 Å². The molecule has 1 amide bonds. The highest BCUT2D eigenvalue weighted by Gasteiger charge is 2.30. The first-order valence-electron chi connectivity index (χ1n) is 9.15. The minimum absolute atomic E-state index is 0.111. The molecule has 150 valence electrons. The molecule has 0 spiro atoms. The normalized spacial score (nSPS) is 16.6. The minimum atomic E-state index is -0.111. The molecule has 7 heteroatoms. The molecule has 0 unspecified atom stereocenters. The summed E-state index contributed by atoms with van der Waals surface area (Å²) in [7, 11) is 4.84. The molecule has 1 saturated heterocycles. The second-order valence-corrected chi connectivity index (χ2v) is 7.07. The summed E-state index contributed by atoms with van der Waals surface area (Å²) in [6.07, 6.45) is 1.99. The van der Waals surface area contributed by atoms with E-state index in [1.807, 2.05) is 18.2 Å². The number of benzene rings is 2. The summed E-state index contributed by atoms with van der Waals surface area (Å²) in [5, 5.41) is 3.45. The molecule has 1 fully saturated rings. The zero-order valence-corrected chi connectivity index (χ0v) is 17.1. The summed E-state index contributed by atoms with van der Waals surface area (Å²) in [6.45, 7) is 1.12. The van der Waals surface area contributed by atoms with Crippen LogP contribution in [0.2, 0.25) is 5.02 Å². The van der Waals surface area contributed by atoms with Crippen LogP contribution in [-0.4, -0.2) is 45.2 Å². The van der Waals surface area contributed by atoms with Crippen molar-refractivity contribution < 1.29 is 19.0 Å². The van der Waals surface area contributed by atoms with E-state index >= 15 is 0 Å². The molecule has 6 nitrogen and oxygen atoms in total. The van der Waals surface area contributed by atoms with Crippen LogP contribution in [0.15, 0.2) is 36.4 Å². The quantitative estimate of drug-likeness (QED) is 0.751. The third kappa shape index (κ3) is 4.51. The first-order chi connectivity index (χ1) is 13.5. The van der Waals surface area contributed by atoms with Crippen molar-refractivity contribution in [3.05, 3.63) is 47.0 Å². The molecule has 1 N–H and O–H groups in total. The van der Waals surface area contributed by atoms with Crippen LogP contribution in [0.25, 0.3) is 0 Å². The average Bonchev–Trinajstić information content (AvgIpc) is 3.15. The fraction of sp³-hybridized carbons (Fsp3) is 0.381. The molecule has 0 aliphatic carbocycles. The SMILES string of the molecule is COc1ccc([C@H]2CCCN2CC(=O)Nc2cc(Cl)ccc2OC)c(OC)c1. The first kappa shape index (κ1) is 20.3. The van der Waals surface area contributed by atoms with Crippen LogP contribution in [0.4, 0.5) is 5.69 Å². The van der Waals surface area contributed by atoms with E-state index in [9.17, 15) is 4.79 Å². The molecule has 2 aromatic rings. The van der Waals surface area contributed by atoms with Crippen LogP contribution >= 0.6 is 11.6 Å². The van der Waals surface area contributed by atoms with Crippen molar-refractivity contribution in [3.63, 3.8) is 0 Å². The summed E-state index contributed by atoms with van der Waals surface area (Å²) < 4.78 is 16.1. The Bertz CT molecular complexity index is 843. The van der Waals surface area contributed by atoms with Crippen molar-refractivity contribution in [2.45, 2.75) is 18.9 Å². The Morgan fingerprint density at radius 3 is 2.61 bits per heavy atom. The van der Waals surface area contributed by atoms with Crippen LogP contribution in [0.3, 0.4) is 0 Å². The molecule has 3 rings (SSSR count). The van der Waals surface area contributed by atoms with Gasteiger partial charge in [0.1, 0.15) is 17.2 Å². The predicted octanol–water partition coefficient (Wildman–Crippen LogP) is 4.14. The van der Waals surface area contributed by atoms with Gasteiger partial charge in [-0.05, 0) is 43.7 Å². The Balaban J connectivity index is 1.74. The molecule has 1 aliphatic rings. The van der Waals surface area contributed by atoms with Crippen LogP contribution < -0.4 is 19.5 Å². The lowest BCUT2D eigenvalue weighted by atomic mass is 10.0. The number of halogens is 1. The Hall–Kier alpha value is -2.44. The molecular formula is C21H25ClN2O4. The lowest BCUT2D eigenvalue weighted by Crippen LogP contribution is -2.33. The number of hydrogen-bond acceptors (Lipinski definition) is 5. The molecule has 1 heterocycles. The van der Waals surface area contributed by atoms with Crippen molar-refractivity contribution in [3.8, 4) is 17.2 Å². The highest BCUT2D eigenvalue weighted by molar-refractivity contribution is 6.31. The van der Waals surface area contributed by atoms with Crippen LogP contribution in [0, 0.1) is 0 Å². The molecule has 0 radical (unpaired) electrons. The Morgan fingerprint density at radius 1 is 1.11 bits per heavy atom. The summed E-state index contributed by atoms with van der Waals surface area (Å²) in [4.78, 5) is 14.8. The third-order valence-corrected chi connectivity index (χ3v) is 5.18. The van der Waals surface area contributed by atoms with Gasteiger partial charge in [-0.25, -0.2) is 0 Å². The standard InChI is InChI=1S/C21H25ClN2O4/c1-26-15-7-8-16(20(12-15)28-3)18-5-4-10-24(18)13-21(25)23-17-11-14(22)6-9-19(17)27-2/h6-9,11-12,18H,4-5,10,13H2,1-3H3,(H,23,25)/t18-/m1/s1. The van der Waals surface area contributed by atoms with Crippen molar-refractivity contribution in [2.75, 3.05) is 39.7 Å². The number of methoxy groups -OCH3 is 3. The minimum Gasteiger partial charge on any atom is -0.497 e. The predicted molar refractivity (Wildman–Crippen MR) is 110 cm³/mol. The first-order valence-corrected chi connectivity index (χ1v) is 9.53. The Labute approximate surface area is 170 Å². The van der Waals surface area contributed by atoms with E-state index in [-0.39, 0.29) is 18.5 Å². The molecule has 0 aromatic heterocycles. The molecule has 28 heavy (non-hydrogen) atoms. The lowest BCUT2D eigenvalue weighted by molar-refractivity contribution is -0.117. The fourth-order valence-corrected chi connectivity index (χ4v) is 3.79. The highest BCUT2D eigenvalue weighted by Crippen LogP contribution is 2.38. The zero-order chi connectivity index (χ0) is 20.1. The topological polar surface area (TPSA) is 60.0 Å². The largest absolute Gasteiger partial charge is 0.497 e. The number of hydrogen-bond donors (Lipinski definition) is 1. The van der Waals surface area contributed by atoms with Gasteiger partial charge in [-0.15, -0.1) is 0 Å². The lowest BCUT2D eigenvalue weighted by Gasteiger charge is -2.26.